The second-order valence-corrected chi connectivity index (χ2v) is 5.53. The minimum Gasteiger partial charge on any atom is -0.480 e. The molecule has 120 valence electrons. The summed E-state index contributed by atoms with van der Waals surface area (Å²) in [6.07, 6.45) is 0.145. The molecule has 0 unspecified atom stereocenters. The van der Waals surface area contributed by atoms with Gasteiger partial charge in [0, 0.05) is 11.4 Å². The molecule has 0 fully saturated rings. The summed E-state index contributed by atoms with van der Waals surface area (Å²) in [5, 5.41) is 12.3. The quantitative estimate of drug-likeness (QED) is 0.853. The van der Waals surface area contributed by atoms with Gasteiger partial charge < -0.3 is 10.4 Å². The Hall–Kier alpha value is -2.40. The van der Waals surface area contributed by atoms with Gasteiger partial charge in [-0.25, -0.2) is 9.18 Å². The first-order chi connectivity index (χ1) is 10.9. The molecule has 0 saturated heterocycles. The minimum atomic E-state index is -1.12. The molecule has 2 rings (SSSR count). The van der Waals surface area contributed by atoms with E-state index in [9.17, 15) is 19.1 Å². The summed E-state index contributed by atoms with van der Waals surface area (Å²) in [6, 6.07) is 11.2. The molecule has 0 saturated carbocycles. The van der Waals surface area contributed by atoms with Gasteiger partial charge in [0.15, 0.2) is 0 Å². The highest BCUT2D eigenvalue weighted by Gasteiger charge is 2.20. The Bertz CT molecular complexity index is 686. The van der Waals surface area contributed by atoms with Gasteiger partial charge in [0.25, 0.3) is 0 Å². The normalized spacial score (nSPS) is 11.7. The highest BCUT2D eigenvalue weighted by Crippen LogP contribution is 2.11. The van der Waals surface area contributed by atoms with Crippen molar-refractivity contribution in [2.75, 3.05) is 0 Å². The predicted molar refractivity (Wildman–Crippen MR) is 84.8 cm³/mol. The first-order valence-electron chi connectivity index (χ1n) is 6.95. The Morgan fingerprint density at radius 3 is 2.17 bits per heavy atom. The van der Waals surface area contributed by atoms with Gasteiger partial charge in [0.2, 0.25) is 5.91 Å². The Morgan fingerprint density at radius 2 is 1.61 bits per heavy atom. The number of carboxylic acid groups (broad SMARTS) is 1. The number of halogens is 2. The molecule has 0 bridgehead atoms. The number of hydrogen-bond acceptors (Lipinski definition) is 2. The Kier molecular flexibility index (Phi) is 5.71. The van der Waals surface area contributed by atoms with E-state index in [0.717, 1.165) is 5.56 Å². The van der Waals surface area contributed by atoms with Crippen LogP contribution in [0, 0.1) is 5.82 Å². The van der Waals surface area contributed by atoms with E-state index in [4.69, 9.17) is 11.6 Å². The van der Waals surface area contributed by atoms with Gasteiger partial charge in [0.1, 0.15) is 11.9 Å². The molecule has 0 aromatic heterocycles. The van der Waals surface area contributed by atoms with E-state index < -0.39 is 17.9 Å². The average Bonchev–Trinajstić information content (AvgIpc) is 2.51. The summed E-state index contributed by atoms with van der Waals surface area (Å²) in [6.45, 7) is 0. The van der Waals surface area contributed by atoms with Gasteiger partial charge >= 0.3 is 5.97 Å². The Balaban J connectivity index is 1.98. The number of benzene rings is 2. The number of carbonyl (C=O) groups excluding carboxylic acids is 1. The molecule has 6 heteroatoms. The van der Waals surface area contributed by atoms with Crippen LogP contribution in [0.1, 0.15) is 11.1 Å². The third kappa shape index (κ3) is 5.38. The van der Waals surface area contributed by atoms with Crippen LogP contribution < -0.4 is 5.32 Å². The molecule has 0 aliphatic carbocycles. The largest absolute Gasteiger partial charge is 0.480 e. The van der Waals surface area contributed by atoms with E-state index in [0.29, 0.717) is 10.6 Å². The standard InChI is InChI=1S/C17H15ClFNO3/c18-13-5-1-11(2-6-13)9-15(17(22)23)20-16(21)10-12-3-7-14(19)8-4-12/h1-8,15H,9-10H2,(H,20,21)(H,22,23)/t15-/m1/s1. The second-order valence-electron chi connectivity index (χ2n) is 5.09. The van der Waals surface area contributed by atoms with Crippen molar-refractivity contribution < 1.29 is 19.1 Å². The van der Waals surface area contributed by atoms with Crippen molar-refractivity contribution in [2.24, 2.45) is 0 Å². The van der Waals surface area contributed by atoms with E-state index in [2.05, 4.69) is 5.32 Å². The zero-order chi connectivity index (χ0) is 16.8. The van der Waals surface area contributed by atoms with Crippen molar-refractivity contribution in [1.29, 1.82) is 0 Å². The lowest BCUT2D eigenvalue weighted by Gasteiger charge is -2.15. The molecular formula is C17H15ClFNO3. The summed E-state index contributed by atoms with van der Waals surface area (Å²) in [7, 11) is 0. The first-order valence-corrected chi connectivity index (χ1v) is 7.33. The third-order valence-electron chi connectivity index (χ3n) is 3.26. The maximum absolute atomic E-state index is 12.8. The molecule has 23 heavy (non-hydrogen) atoms. The van der Waals surface area contributed by atoms with Gasteiger partial charge in [-0.2, -0.15) is 0 Å². The summed E-state index contributed by atoms with van der Waals surface area (Å²) < 4.78 is 12.8. The van der Waals surface area contributed by atoms with E-state index in [1.54, 1.807) is 24.3 Å². The fourth-order valence-corrected chi connectivity index (χ4v) is 2.22. The van der Waals surface area contributed by atoms with Crippen molar-refractivity contribution in [1.82, 2.24) is 5.32 Å². The Morgan fingerprint density at radius 1 is 1.04 bits per heavy atom. The molecular weight excluding hydrogens is 321 g/mol. The molecule has 0 aliphatic heterocycles. The maximum atomic E-state index is 12.8. The molecule has 2 N–H and O–H groups in total. The lowest BCUT2D eigenvalue weighted by molar-refractivity contribution is -0.141. The fourth-order valence-electron chi connectivity index (χ4n) is 2.09. The van der Waals surface area contributed by atoms with Gasteiger partial charge in [-0.1, -0.05) is 35.9 Å². The van der Waals surface area contributed by atoms with Crippen molar-refractivity contribution in [3.8, 4) is 0 Å². The monoisotopic (exact) mass is 335 g/mol. The van der Waals surface area contributed by atoms with Gasteiger partial charge in [-0.05, 0) is 35.4 Å². The van der Waals surface area contributed by atoms with Crippen LogP contribution in [-0.4, -0.2) is 23.0 Å². The van der Waals surface area contributed by atoms with Gasteiger partial charge in [-0.15, -0.1) is 0 Å². The topological polar surface area (TPSA) is 66.4 Å². The van der Waals surface area contributed by atoms with Crippen molar-refractivity contribution in [2.45, 2.75) is 18.9 Å². The number of carbonyl (C=O) groups is 2. The van der Waals surface area contributed by atoms with Crippen molar-refractivity contribution in [3.05, 3.63) is 70.5 Å². The lowest BCUT2D eigenvalue weighted by Crippen LogP contribution is -2.43. The summed E-state index contributed by atoms with van der Waals surface area (Å²) in [5.74, 6) is -1.94. The van der Waals surface area contributed by atoms with Crippen LogP contribution in [0.4, 0.5) is 4.39 Å². The predicted octanol–water partition coefficient (Wildman–Crippen LogP) is 2.83. The number of hydrogen-bond donors (Lipinski definition) is 2. The number of nitrogens with one attached hydrogen (secondary N) is 1. The van der Waals surface area contributed by atoms with Crippen LogP contribution in [0.25, 0.3) is 0 Å². The zero-order valence-corrected chi connectivity index (χ0v) is 12.9. The van der Waals surface area contributed by atoms with Crippen LogP contribution >= 0.6 is 11.6 Å². The van der Waals surface area contributed by atoms with Gasteiger partial charge in [0.05, 0.1) is 6.42 Å². The first kappa shape index (κ1) is 17.0. The van der Waals surface area contributed by atoms with E-state index in [1.165, 1.54) is 24.3 Å². The summed E-state index contributed by atoms with van der Waals surface area (Å²) >= 11 is 5.78. The molecule has 2 aromatic rings. The van der Waals surface area contributed by atoms with Crippen molar-refractivity contribution >= 4 is 23.5 Å². The fraction of sp³-hybridized carbons (Fsp3) is 0.176. The zero-order valence-electron chi connectivity index (χ0n) is 12.1. The number of aliphatic carboxylic acids is 1. The van der Waals surface area contributed by atoms with Crippen LogP contribution in [0.15, 0.2) is 48.5 Å². The van der Waals surface area contributed by atoms with E-state index in [1.807, 2.05) is 0 Å². The molecule has 4 nitrogen and oxygen atoms in total. The number of carboxylic acids is 1. The van der Waals surface area contributed by atoms with Crippen LogP contribution in [0.3, 0.4) is 0 Å². The van der Waals surface area contributed by atoms with Crippen molar-refractivity contribution in [3.63, 3.8) is 0 Å². The van der Waals surface area contributed by atoms with Gasteiger partial charge in [-0.3, -0.25) is 4.79 Å². The molecule has 0 aliphatic rings. The Labute approximate surface area is 137 Å². The van der Waals surface area contributed by atoms with Crippen LogP contribution in [0.2, 0.25) is 5.02 Å². The van der Waals surface area contributed by atoms with E-state index >= 15 is 0 Å². The second kappa shape index (κ2) is 7.74. The molecule has 0 radical (unpaired) electrons. The molecule has 1 amide bonds. The maximum Gasteiger partial charge on any atom is 0.326 e. The average molecular weight is 336 g/mol. The van der Waals surface area contributed by atoms with Crippen LogP contribution in [-0.2, 0) is 22.4 Å². The highest BCUT2D eigenvalue weighted by molar-refractivity contribution is 6.30. The summed E-state index contributed by atoms with van der Waals surface area (Å²) in [4.78, 5) is 23.3. The summed E-state index contributed by atoms with van der Waals surface area (Å²) in [5.41, 5.74) is 1.36. The SMILES string of the molecule is O=C(Cc1ccc(F)cc1)N[C@H](Cc1ccc(Cl)cc1)C(=O)O. The number of amides is 1. The minimum absolute atomic E-state index is 0.00925. The lowest BCUT2D eigenvalue weighted by atomic mass is 10.1. The number of rotatable bonds is 6. The third-order valence-corrected chi connectivity index (χ3v) is 3.52. The van der Waals surface area contributed by atoms with E-state index in [-0.39, 0.29) is 18.7 Å². The smallest absolute Gasteiger partial charge is 0.326 e. The molecule has 0 heterocycles. The molecule has 1 atom stereocenters. The highest BCUT2D eigenvalue weighted by atomic mass is 35.5. The molecule has 0 spiro atoms. The molecule has 2 aromatic carbocycles. The van der Waals surface area contributed by atoms with Crippen LogP contribution in [0.5, 0.6) is 0 Å².